The highest BCUT2D eigenvalue weighted by Crippen LogP contribution is 2.33. The molecule has 0 bridgehead atoms. The SMILES string of the molecule is O=C(C/C=C/c1ccccc1C(F)(F)F)Cc1ccc2c(c1)OCO2. The van der Waals surface area contributed by atoms with E-state index >= 15 is 0 Å². The summed E-state index contributed by atoms with van der Waals surface area (Å²) in [4.78, 5) is 12.0. The van der Waals surface area contributed by atoms with Crippen molar-refractivity contribution in [3.05, 3.63) is 65.2 Å². The molecule has 1 aliphatic rings. The summed E-state index contributed by atoms with van der Waals surface area (Å²) in [5.41, 5.74) is 0.110. The van der Waals surface area contributed by atoms with E-state index in [0.717, 1.165) is 11.6 Å². The fourth-order valence-corrected chi connectivity index (χ4v) is 2.57. The standard InChI is InChI=1S/C19H15F3O3/c20-19(21,22)16-7-2-1-4-14(16)5-3-6-15(23)10-13-8-9-17-18(11-13)25-12-24-17/h1-5,7-9,11H,6,10,12H2/b5-3+. The third-order valence-electron chi connectivity index (χ3n) is 3.75. The van der Waals surface area contributed by atoms with Gasteiger partial charge in [0.1, 0.15) is 5.78 Å². The van der Waals surface area contributed by atoms with E-state index in [9.17, 15) is 18.0 Å². The largest absolute Gasteiger partial charge is 0.454 e. The molecule has 0 aromatic heterocycles. The zero-order valence-corrected chi connectivity index (χ0v) is 13.2. The van der Waals surface area contributed by atoms with Crippen molar-refractivity contribution in [3.63, 3.8) is 0 Å². The van der Waals surface area contributed by atoms with Crippen LogP contribution in [0.3, 0.4) is 0 Å². The lowest BCUT2D eigenvalue weighted by Gasteiger charge is -2.09. The highest BCUT2D eigenvalue weighted by atomic mass is 19.4. The number of fused-ring (bicyclic) bond motifs is 1. The molecule has 0 radical (unpaired) electrons. The van der Waals surface area contributed by atoms with Crippen molar-refractivity contribution in [2.75, 3.05) is 6.79 Å². The first-order chi connectivity index (χ1) is 11.9. The third kappa shape index (κ3) is 4.21. The minimum atomic E-state index is -4.42. The number of carbonyl (C=O) groups excluding carboxylic acids is 1. The van der Waals surface area contributed by atoms with Crippen LogP contribution in [0.2, 0.25) is 0 Å². The average molecular weight is 348 g/mol. The van der Waals surface area contributed by atoms with Gasteiger partial charge in [0, 0.05) is 12.8 Å². The van der Waals surface area contributed by atoms with Crippen molar-refractivity contribution in [1.29, 1.82) is 0 Å². The third-order valence-corrected chi connectivity index (χ3v) is 3.75. The van der Waals surface area contributed by atoms with Gasteiger partial charge in [0.05, 0.1) is 5.56 Å². The van der Waals surface area contributed by atoms with Crippen molar-refractivity contribution in [1.82, 2.24) is 0 Å². The summed E-state index contributed by atoms with van der Waals surface area (Å²) in [5, 5.41) is 0. The van der Waals surface area contributed by atoms with E-state index in [-0.39, 0.29) is 31.0 Å². The normalized spacial score (nSPS) is 13.4. The van der Waals surface area contributed by atoms with Crippen LogP contribution in [-0.2, 0) is 17.4 Å². The summed E-state index contributed by atoms with van der Waals surface area (Å²) >= 11 is 0. The molecule has 3 rings (SSSR count). The maximum Gasteiger partial charge on any atom is 0.416 e. The monoisotopic (exact) mass is 348 g/mol. The van der Waals surface area contributed by atoms with Gasteiger partial charge in [0.2, 0.25) is 6.79 Å². The molecular formula is C19H15F3O3. The van der Waals surface area contributed by atoms with Gasteiger partial charge in [-0.2, -0.15) is 13.2 Å². The maximum absolute atomic E-state index is 12.9. The molecule has 0 N–H and O–H groups in total. The first kappa shape index (κ1) is 17.1. The molecule has 130 valence electrons. The fraction of sp³-hybridized carbons (Fsp3) is 0.211. The van der Waals surface area contributed by atoms with E-state index in [1.807, 2.05) is 0 Å². The predicted octanol–water partition coefficient (Wildman–Crippen LogP) is 4.65. The van der Waals surface area contributed by atoms with Crippen LogP contribution in [0.4, 0.5) is 13.2 Å². The molecule has 0 saturated heterocycles. The van der Waals surface area contributed by atoms with E-state index in [1.165, 1.54) is 30.4 Å². The molecule has 0 saturated carbocycles. The first-order valence-electron chi connectivity index (χ1n) is 7.66. The van der Waals surface area contributed by atoms with Crippen molar-refractivity contribution >= 4 is 11.9 Å². The number of allylic oxidation sites excluding steroid dienone is 1. The highest BCUT2D eigenvalue weighted by molar-refractivity contribution is 5.83. The summed E-state index contributed by atoms with van der Waals surface area (Å²) in [7, 11) is 0. The second kappa shape index (κ2) is 7.01. The lowest BCUT2D eigenvalue weighted by molar-refractivity contribution is -0.137. The van der Waals surface area contributed by atoms with E-state index in [4.69, 9.17) is 9.47 Å². The maximum atomic E-state index is 12.9. The number of benzene rings is 2. The quantitative estimate of drug-likeness (QED) is 0.789. The van der Waals surface area contributed by atoms with Crippen LogP contribution in [-0.4, -0.2) is 12.6 Å². The van der Waals surface area contributed by atoms with Crippen LogP contribution >= 0.6 is 0 Å². The second-order valence-corrected chi connectivity index (χ2v) is 5.59. The zero-order chi connectivity index (χ0) is 17.9. The van der Waals surface area contributed by atoms with Gasteiger partial charge in [-0.25, -0.2) is 0 Å². The number of halogens is 3. The van der Waals surface area contributed by atoms with Crippen LogP contribution in [0.25, 0.3) is 6.08 Å². The van der Waals surface area contributed by atoms with Gasteiger partial charge < -0.3 is 9.47 Å². The minimum Gasteiger partial charge on any atom is -0.454 e. The fourth-order valence-electron chi connectivity index (χ4n) is 2.57. The van der Waals surface area contributed by atoms with Crippen molar-refractivity contribution < 1.29 is 27.4 Å². The van der Waals surface area contributed by atoms with E-state index in [2.05, 4.69) is 0 Å². The molecule has 0 fully saturated rings. The second-order valence-electron chi connectivity index (χ2n) is 5.59. The molecule has 0 aliphatic carbocycles. The average Bonchev–Trinajstić information content (AvgIpc) is 3.02. The van der Waals surface area contributed by atoms with Crippen molar-refractivity contribution in [2.45, 2.75) is 19.0 Å². The van der Waals surface area contributed by atoms with Gasteiger partial charge in [-0.3, -0.25) is 4.79 Å². The Morgan fingerprint density at radius 1 is 1.08 bits per heavy atom. The summed E-state index contributed by atoms with van der Waals surface area (Å²) in [6, 6.07) is 10.5. The Bertz CT molecular complexity index is 810. The van der Waals surface area contributed by atoms with E-state index in [0.29, 0.717) is 11.5 Å². The van der Waals surface area contributed by atoms with Gasteiger partial charge in [-0.15, -0.1) is 0 Å². The smallest absolute Gasteiger partial charge is 0.416 e. The molecule has 6 heteroatoms. The lowest BCUT2D eigenvalue weighted by atomic mass is 10.0. The van der Waals surface area contributed by atoms with Gasteiger partial charge in [-0.05, 0) is 29.3 Å². The number of rotatable bonds is 5. The van der Waals surface area contributed by atoms with Crippen LogP contribution < -0.4 is 9.47 Å². The predicted molar refractivity (Wildman–Crippen MR) is 86.4 cm³/mol. The molecular weight excluding hydrogens is 333 g/mol. The van der Waals surface area contributed by atoms with Gasteiger partial charge in [-0.1, -0.05) is 36.4 Å². The number of ketones is 1. The first-order valence-corrected chi connectivity index (χ1v) is 7.66. The van der Waals surface area contributed by atoms with Crippen LogP contribution in [0.1, 0.15) is 23.1 Å². The van der Waals surface area contributed by atoms with E-state index in [1.54, 1.807) is 18.2 Å². The molecule has 2 aromatic rings. The van der Waals surface area contributed by atoms with Crippen molar-refractivity contribution in [2.24, 2.45) is 0 Å². The van der Waals surface area contributed by atoms with E-state index < -0.39 is 11.7 Å². The summed E-state index contributed by atoms with van der Waals surface area (Å²) in [6.07, 6.45) is -1.39. The zero-order valence-electron chi connectivity index (χ0n) is 13.2. The van der Waals surface area contributed by atoms with Crippen LogP contribution in [0.5, 0.6) is 11.5 Å². The number of Topliss-reactive ketones (excluding diaryl/α,β-unsaturated/α-hetero) is 1. The minimum absolute atomic E-state index is 0.0471. The van der Waals surface area contributed by atoms with Gasteiger partial charge >= 0.3 is 6.18 Å². The topological polar surface area (TPSA) is 35.5 Å². The molecule has 0 atom stereocenters. The number of ether oxygens (including phenoxy) is 2. The number of hydrogen-bond acceptors (Lipinski definition) is 3. The number of alkyl halides is 3. The molecule has 3 nitrogen and oxygen atoms in total. The van der Waals surface area contributed by atoms with Gasteiger partial charge in [0.25, 0.3) is 0 Å². The Hall–Kier alpha value is -2.76. The highest BCUT2D eigenvalue weighted by Gasteiger charge is 2.32. The Labute approximate surface area is 142 Å². The Balaban J connectivity index is 1.62. The van der Waals surface area contributed by atoms with Gasteiger partial charge in [0.15, 0.2) is 11.5 Å². The lowest BCUT2D eigenvalue weighted by Crippen LogP contribution is -2.07. The molecule has 0 unspecified atom stereocenters. The Kier molecular flexibility index (Phi) is 4.79. The Morgan fingerprint density at radius 2 is 1.84 bits per heavy atom. The summed E-state index contributed by atoms with van der Waals surface area (Å²) < 4.78 is 49.2. The number of hydrogen-bond donors (Lipinski definition) is 0. The summed E-state index contributed by atoms with van der Waals surface area (Å²) in [6.45, 7) is 0.161. The molecule has 1 heterocycles. The number of carbonyl (C=O) groups is 1. The van der Waals surface area contributed by atoms with Crippen LogP contribution in [0, 0.1) is 0 Å². The van der Waals surface area contributed by atoms with Crippen molar-refractivity contribution in [3.8, 4) is 11.5 Å². The molecule has 0 amide bonds. The molecule has 0 spiro atoms. The molecule has 2 aromatic carbocycles. The molecule has 1 aliphatic heterocycles. The summed E-state index contributed by atoms with van der Waals surface area (Å²) in [5.74, 6) is 1.14. The Morgan fingerprint density at radius 3 is 2.64 bits per heavy atom. The molecule has 25 heavy (non-hydrogen) atoms. The van der Waals surface area contributed by atoms with Crippen LogP contribution in [0.15, 0.2) is 48.5 Å².